The van der Waals surface area contributed by atoms with Crippen molar-refractivity contribution in [1.29, 1.82) is 0 Å². The molecule has 0 aliphatic heterocycles. The highest BCUT2D eigenvalue weighted by Crippen LogP contribution is 2.12. The van der Waals surface area contributed by atoms with Gasteiger partial charge in [0.2, 0.25) is 0 Å². The molecule has 1 N–H and O–H groups in total. The summed E-state index contributed by atoms with van der Waals surface area (Å²) in [5.41, 5.74) is 0.481. The van der Waals surface area contributed by atoms with Crippen molar-refractivity contribution in [2.45, 2.75) is 6.92 Å². The van der Waals surface area contributed by atoms with Gasteiger partial charge in [-0.1, -0.05) is 6.07 Å². The van der Waals surface area contributed by atoms with Gasteiger partial charge >= 0.3 is 0 Å². The summed E-state index contributed by atoms with van der Waals surface area (Å²) in [5, 5.41) is 2.74. The summed E-state index contributed by atoms with van der Waals surface area (Å²) in [6.45, 7) is 1.53. The van der Waals surface area contributed by atoms with Gasteiger partial charge in [-0.2, -0.15) is 0 Å². The highest BCUT2D eigenvalue weighted by Gasteiger charge is 2.15. The molecular formula is C14H12FNO3S2. The van der Waals surface area contributed by atoms with Crippen molar-refractivity contribution in [3.63, 3.8) is 0 Å². The smallest absolute Gasteiger partial charge is 0.265 e. The number of rotatable bonds is 4. The molecule has 1 aromatic heterocycles. The van der Waals surface area contributed by atoms with Gasteiger partial charge in [0.05, 0.1) is 5.41 Å². The molecule has 0 radical (unpaired) electrons. The summed E-state index contributed by atoms with van der Waals surface area (Å²) >= 11 is 1.38. The Hall–Kier alpha value is -1.99. The molecule has 0 bridgehead atoms. The first-order chi connectivity index (χ1) is 9.87. The van der Waals surface area contributed by atoms with Crippen LogP contribution in [0.4, 0.5) is 4.39 Å². The summed E-state index contributed by atoms with van der Waals surface area (Å²) in [7, 11) is -3.90. The lowest BCUT2D eigenvalue weighted by molar-refractivity contribution is 0.0981. The molecule has 0 aliphatic carbocycles. The van der Waals surface area contributed by atoms with Crippen LogP contribution >= 0.6 is 11.3 Å². The molecule has 21 heavy (non-hydrogen) atoms. The molecule has 7 heteroatoms. The number of carbonyl (C=O) groups is 1. The highest BCUT2D eigenvalue weighted by atomic mass is 32.2. The molecule has 1 amide bonds. The van der Waals surface area contributed by atoms with Crippen molar-refractivity contribution in [2.24, 2.45) is 0 Å². The fourth-order valence-electron chi connectivity index (χ4n) is 1.64. The summed E-state index contributed by atoms with van der Waals surface area (Å²) in [5.74, 6) is -1.27. The Morgan fingerprint density at radius 3 is 2.71 bits per heavy atom. The molecule has 0 saturated heterocycles. The fraction of sp³-hybridized carbons (Fsp3) is 0.0714. The second-order valence-electron chi connectivity index (χ2n) is 4.25. The minimum atomic E-state index is -3.90. The molecule has 0 spiro atoms. The third-order valence-electron chi connectivity index (χ3n) is 2.62. The normalized spacial score (nSPS) is 11.7. The van der Waals surface area contributed by atoms with E-state index in [0.29, 0.717) is 5.56 Å². The maximum atomic E-state index is 13.0. The molecule has 0 unspecified atom stereocenters. The third kappa shape index (κ3) is 4.24. The minimum absolute atomic E-state index is 0.115. The molecule has 0 saturated carbocycles. The lowest BCUT2D eigenvalue weighted by Gasteiger charge is -2.06. The predicted octanol–water partition coefficient (Wildman–Crippen LogP) is 2.93. The predicted molar refractivity (Wildman–Crippen MR) is 80.9 cm³/mol. The number of halogens is 1. The van der Waals surface area contributed by atoms with E-state index in [4.69, 9.17) is 0 Å². The Balaban J connectivity index is 2.14. The highest BCUT2D eigenvalue weighted by molar-refractivity contribution is 7.93. The number of amides is 1. The molecule has 0 aliphatic rings. The summed E-state index contributed by atoms with van der Waals surface area (Å²) in [6, 6.07) is 7.07. The summed E-state index contributed by atoms with van der Waals surface area (Å²) in [4.78, 5) is 12.7. The first-order valence-electron chi connectivity index (χ1n) is 5.92. The molecule has 0 fully saturated rings. The molecule has 0 atom stereocenters. The summed E-state index contributed by atoms with van der Waals surface area (Å²) in [6.07, 6.45) is 1.40. The lowest BCUT2D eigenvalue weighted by Crippen LogP contribution is -2.29. The van der Waals surface area contributed by atoms with E-state index in [1.54, 1.807) is 12.1 Å². The molecule has 4 nitrogen and oxygen atoms in total. The maximum Gasteiger partial charge on any atom is 0.265 e. The molecule has 1 aromatic carbocycles. The van der Waals surface area contributed by atoms with Gasteiger partial charge in [-0.25, -0.2) is 17.5 Å². The number of carbonyl (C=O) groups excluding carboxylic acids is 1. The van der Waals surface area contributed by atoms with Crippen LogP contribution in [0.5, 0.6) is 0 Å². The van der Waals surface area contributed by atoms with E-state index in [2.05, 4.69) is 0 Å². The van der Waals surface area contributed by atoms with Crippen molar-refractivity contribution in [1.82, 2.24) is 4.72 Å². The maximum absolute atomic E-state index is 13.0. The van der Waals surface area contributed by atoms with Crippen LogP contribution in [0, 0.1) is 12.7 Å². The molecule has 2 aromatic rings. The number of thiophene rings is 1. The summed E-state index contributed by atoms with van der Waals surface area (Å²) < 4.78 is 38.5. The Morgan fingerprint density at radius 1 is 1.33 bits per heavy atom. The second-order valence-corrected chi connectivity index (χ2v) is 6.80. The minimum Gasteiger partial charge on any atom is -0.268 e. The largest absolute Gasteiger partial charge is 0.268 e. The SMILES string of the molecule is Cc1cc(F)ccc1C(=O)NS(=O)(=O)C=Cc1cccs1. The van der Waals surface area contributed by atoms with Gasteiger partial charge in [-0.3, -0.25) is 4.79 Å². The van der Waals surface area contributed by atoms with Crippen LogP contribution in [-0.4, -0.2) is 14.3 Å². The number of benzene rings is 1. The van der Waals surface area contributed by atoms with Crippen molar-refractivity contribution >= 4 is 33.3 Å². The quantitative estimate of drug-likeness (QED) is 0.940. The van der Waals surface area contributed by atoms with Crippen molar-refractivity contribution in [3.05, 3.63) is 62.9 Å². The van der Waals surface area contributed by atoms with Gasteiger partial charge in [0, 0.05) is 10.4 Å². The molecule has 1 heterocycles. The zero-order valence-corrected chi connectivity index (χ0v) is 12.7. The van der Waals surface area contributed by atoms with Crippen molar-refractivity contribution in [2.75, 3.05) is 0 Å². The van der Waals surface area contributed by atoms with Crippen LogP contribution in [0.25, 0.3) is 6.08 Å². The Labute approximate surface area is 126 Å². The molecular weight excluding hydrogens is 313 g/mol. The van der Waals surface area contributed by atoms with E-state index in [1.165, 1.54) is 36.5 Å². The molecule has 2 rings (SSSR count). The topological polar surface area (TPSA) is 63.2 Å². The Morgan fingerprint density at radius 2 is 2.10 bits per heavy atom. The monoisotopic (exact) mass is 325 g/mol. The molecule has 110 valence electrons. The zero-order chi connectivity index (χ0) is 15.5. The van der Waals surface area contributed by atoms with Crippen molar-refractivity contribution < 1.29 is 17.6 Å². The van der Waals surface area contributed by atoms with E-state index in [9.17, 15) is 17.6 Å². The number of aryl methyl sites for hydroxylation is 1. The van der Waals surface area contributed by atoms with Gasteiger partial charge in [0.25, 0.3) is 15.9 Å². The lowest BCUT2D eigenvalue weighted by atomic mass is 10.1. The first kappa shape index (κ1) is 15.4. The van der Waals surface area contributed by atoms with E-state index in [-0.39, 0.29) is 5.56 Å². The van der Waals surface area contributed by atoms with Gasteiger partial charge in [0.15, 0.2) is 0 Å². The second kappa shape index (κ2) is 6.19. The van der Waals surface area contributed by atoms with E-state index >= 15 is 0 Å². The van der Waals surface area contributed by atoms with Gasteiger partial charge in [-0.05, 0) is 48.2 Å². The van der Waals surface area contributed by atoms with E-state index in [1.807, 2.05) is 10.1 Å². The van der Waals surface area contributed by atoms with Crippen LogP contribution in [0.3, 0.4) is 0 Å². The average molecular weight is 325 g/mol. The standard InChI is InChI=1S/C14H12FNO3S2/c1-10-9-11(15)4-5-13(10)14(17)16-21(18,19)8-6-12-3-2-7-20-12/h2-9H,1H3,(H,16,17). The van der Waals surface area contributed by atoms with E-state index in [0.717, 1.165) is 16.4 Å². The number of hydrogen-bond acceptors (Lipinski definition) is 4. The van der Waals surface area contributed by atoms with Gasteiger partial charge in [0.1, 0.15) is 5.82 Å². The Bertz CT molecular complexity index is 781. The fourth-order valence-corrected chi connectivity index (χ4v) is 3.11. The number of hydrogen-bond donors (Lipinski definition) is 1. The van der Waals surface area contributed by atoms with E-state index < -0.39 is 21.7 Å². The Kier molecular flexibility index (Phi) is 4.54. The van der Waals surface area contributed by atoms with Crippen molar-refractivity contribution in [3.8, 4) is 0 Å². The van der Waals surface area contributed by atoms with Gasteiger partial charge in [-0.15, -0.1) is 11.3 Å². The average Bonchev–Trinajstić information content (AvgIpc) is 2.88. The number of nitrogens with one attached hydrogen (secondary N) is 1. The van der Waals surface area contributed by atoms with Crippen LogP contribution in [0.2, 0.25) is 0 Å². The first-order valence-corrected chi connectivity index (χ1v) is 8.35. The zero-order valence-electron chi connectivity index (χ0n) is 11.0. The van der Waals surface area contributed by atoms with Crippen LogP contribution in [-0.2, 0) is 10.0 Å². The number of sulfonamides is 1. The van der Waals surface area contributed by atoms with Crippen LogP contribution in [0.1, 0.15) is 20.8 Å². The van der Waals surface area contributed by atoms with Crippen LogP contribution < -0.4 is 4.72 Å². The van der Waals surface area contributed by atoms with Crippen LogP contribution in [0.15, 0.2) is 41.1 Å². The third-order valence-corrected chi connectivity index (χ3v) is 4.42. The van der Waals surface area contributed by atoms with Gasteiger partial charge < -0.3 is 0 Å².